The Hall–Kier alpha value is -2.60. The lowest BCUT2D eigenvalue weighted by Crippen LogP contribution is -2.04. The molecular formula is C16H15ClN4O2. The Labute approximate surface area is 138 Å². The number of nitrogens with zero attached hydrogens (tertiary/aromatic N) is 3. The first-order valence-corrected chi connectivity index (χ1v) is 7.37. The molecule has 0 bridgehead atoms. The molecule has 0 amide bonds. The van der Waals surface area contributed by atoms with Crippen molar-refractivity contribution in [2.45, 2.75) is 13.5 Å². The fraction of sp³-hybridized carbons (Fsp3) is 0.188. The molecular weight excluding hydrogens is 316 g/mol. The number of methoxy groups -OCH3 is 1. The third-order valence-electron chi connectivity index (χ3n) is 3.25. The van der Waals surface area contributed by atoms with Crippen molar-refractivity contribution in [3.63, 3.8) is 0 Å². The molecule has 2 aromatic heterocycles. The van der Waals surface area contributed by atoms with Crippen molar-refractivity contribution in [1.29, 1.82) is 0 Å². The summed E-state index contributed by atoms with van der Waals surface area (Å²) < 4.78 is 10.6. The van der Waals surface area contributed by atoms with Crippen molar-refractivity contribution in [3.8, 4) is 17.2 Å². The summed E-state index contributed by atoms with van der Waals surface area (Å²) in [6.45, 7) is 2.27. The van der Waals surface area contributed by atoms with Gasteiger partial charge in [0.1, 0.15) is 11.6 Å². The standard InChI is InChI=1S/C16H15ClN4O2/c1-10-20-16(23-21-10)13-4-3-7-18-15(13)19-9-11-8-12(17)5-6-14(11)22-2/h3-8H,9H2,1-2H3,(H,18,19). The summed E-state index contributed by atoms with van der Waals surface area (Å²) in [4.78, 5) is 8.59. The summed E-state index contributed by atoms with van der Waals surface area (Å²) in [5, 5.41) is 7.72. The molecule has 0 radical (unpaired) electrons. The SMILES string of the molecule is COc1ccc(Cl)cc1CNc1ncccc1-c1nc(C)no1. The summed E-state index contributed by atoms with van der Waals surface area (Å²) in [5.74, 6) is 2.41. The average Bonchev–Trinajstić information content (AvgIpc) is 2.99. The van der Waals surface area contributed by atoms with Crippen LogP contribution in [0.2, 0.25) is 5.02 Å². The zero-order valence-electron chi connectivity index (χ0n) is 12.7. The maximum Gasteiger partial charge on any atom is 0.261 e. The van der Waals surface area contributed by atoms with E-state index in [0.717, 1.165) is 16.9 Å². The van der Waals surface area contributed by atoms with Gasteiger partial charge in [0, 0.05) is 23.3 Å². The van der Waals surface area contributed by atoms with Crippen LogP contribution in [0.1, 0.15) is 11.4 Å². The van der Waals surface area contributed by atoms with E-state index in [4.69, 9.17) is 20.9 Å². The summed E-state index contributed by atoms with van der Waals surface area (Å²) in [6, 6.07) is 9.17. The van der Waals surface area contributed by atoms with Crippen LogP contribution in [0, 0.1) is 6.92 Å². The van der Waals surface area contributed by atoms with E-state index in [2.05, 4.69) is 20.4 Å². The molecule has 0 saturated heterocycles. The number of ether oxygens (including phenoxy) is 1. The Bertz CT molecular complexity index is 819. The molecule has 0 atom stereocenters. The quantitative estimate of drug-likeness (QED) is 0.768. The smallest absolute Gasteiger partial charge is 0.261 e. The number of benzene rings is 1. The number of aromatic nitrogens is 3. The molecule has 0 saturated carbocycles. The molecule has 3 rings (SSSR count). The largest absolute Gasteiger partial charge is 0.496 e. The van der Waals surface area contributed by atoms with Gasteiger partial charge in [0.25, 0.3) is 5.89 Å². The minimum Gasteiger partial charge on any atom is -0.496 e. The van der Waals surface area contributed by atoms with E-state index >= 15 is 0 Å². The van der Waals surface area contributed by atoms with Crippen molar-refractivity contribution in [2.24, 2.45) is 0 Å². The molecule has 0 aliphatic heterocycles. The third-order valence-corrected chi connectivity index (χ3v) is 3.49. The topological polar surface area (TPSA) is 73.1 Å². The van der Waals surface area contributed by atoms with E-state index in [0.29, 0.717) is 29.1 Å². The van der Waals surface area contributed by atoms with Crippen LogP contribution in [0.5, 0.6) is 5.75 Å². The van der Waals surface area contributed by atoms with Crippen molar-refractivity contribution < 1.29 is 9.26 Å². The molecule has 0 fully saturated rings. The van der Waals surface area contributed by atoms with Gasteiger partial charge in [-0.15, -0.1) is 0 Å². The number of anilines is 1. The minimum absolute atomic E-state index is 0.427. The van der Waals surface area contributed by atoms with E-state index < -0.39 is 0 Å². The summed E-state index contributed by atoms with van der Waals surface area (Å²) >= 11 is 6.05. The van der Waals surface area contributed by atoms with E-state index in [9.17, 15) is 0 Å². The lowest BCUT2D eigenvalue weighted by molar-refractivity contribution is 0.410. The van der Waals surface area contributed by atoms with Gasteiger partial charge in [-0.3, -0.25) is 0 Å². The highest BCUT2D eigenvalue weighted by atomic mass is 35.5. The Kier molecular flexibility index (Phi) is 4.43. The van der Waals surface area contributed by atoms with Gasteiger partial charge in [0.15, 0.2) is 5.82 Å². The molecule has 0 spiro atoms. The summed E-state index contributed by atoms with van der Waals surface area (Å²) in [7, 11) is 1.63. The first-order valence-electron chi connectivity index (χ1n) is 6.99. The molecule has 23 heavy (non-hydrogen) atoms. The van der Waals surface area contributed by atoms with Gasteiger partial charge in [-0.2, -0.15) is 4.98 Å². The highest BCUT2D eigenvalue weighted by molar-refractivity contribution is 6.30. The molecule has 7 heteroatoms. The van der Waals surface area contributed by atoms with E-state index in [1.54, 1.807) is 26.3 Å². The second-order valence-electron chi connectivity index (χ2n) is 4.86. The van der Waals surface area contributed by atoms with E-state index in [-0.39, 0.29) is 0 Å². The predicted molar refractivity (Wildman–Crippen MR) is 87.6 cm³/mol. The highest BCUT2D eigenvalue weighted by Crippen LogP contribution is 2.27. The van der Waals surface area contributed by atoms with Gasteiger partial charge in [0.2, 0.25) is 0 Å². The van der Waals surface area contributed by atoms with Crippen molar-refractivity contribution in [2.75, 3.05) is 12.4 Å². The zero-order valence-corrected chi connectivity index (χ0v) is 13.5. The number of nitrogens with one attached hydrogen (secondary N) is 1. The molecule has 0 unspecified atom stereocenters. The number of hydrogen-bond acceptors (Lipinski definition) is 6. The fourth-order valence-electron chi connectivity index (χ4n) is 2.19. The fourth-order valence-corrected chi connectivity index (χ4v) is 2.38. The van der Waals surface area contributed by atoms with Crippen molar-refractivity contribution in [1.82, 2.24) is 15.1 Å². The Balaban J connectivity index is 1.86. The highest BCUT2D eigenvalue weighted by Gasteiger charge is 2.13. The molecule has 3 aromatic rings. The van der Waals surface area contributed by atoms with Gasteiger partial charge in [-0.1, -0.05) is 16.8 Å². The third kappa shape index (κ3) is 3.43. The van der Waals surface area contributed by atoms with Crippen LogP contribution in [0.25, 0.3) is 11.5 Å². The van der Waals surface area contributed by atoms with Crippen molar-refractivity contribution >= 4 is 17.4 Å². The average molecular weight is 331 g/mol. The lowest BCUT2D eigenvalue weighted by atomic mass is 10.2. The van der Waals surface area contributed by atoms with E-state index in [1.165, 1.54) is 0 Å². The Morgan fingerprint density at radius 2 is 2.17 bits per heavy atom. The zero-order chi connectivity index (χ0) is 16.2. The molecule has 1 N–H and O–H groups in total. The van der Waals surface area contributed by atoms with Crippen LogP contribution in [0.15, 0.2) is 41.1 Å². The first-order chi connectivity index (χ1) is 11.2. The number of hydrogen-bond donors (Lipinski definition) is 1. The number of pyridine rings is 1. The number of halogens is 1. The van der Waals surface area contributed by atoms with Crippen LogP contribution < -0.4 is 10.1 Å². The van der Waals surface area contributed by atoms with Gasteiger partial charge in [-0.05, 0) is 37.3 Å². The van der Waals surface area contributed by atoms with Crippen LogP contribution in [0.4, 0.5) is 5.82 Å². The van der Waals surface area contributed by atoms with Crippen LogP contribution in [-0.2, 0) is 6.54 Å². The Morgan fingerprint density at radius 3 is 2.91 bits per heavy atom. The summed E-state index contributed by atoms with van der Waals surface area (Å²) in [6.07, 6.45) is 1.70. The molecule has 6 nitrogen and oxygen atoms in total. The maximum absolute atomic E-state index is 6.05. The minimum atomic E-state index is 0.427. The molecule has 0 aliphatic rings. The van der Waals surface area contributed by atoms with Crippen LogP contribution >= 0.6 is 11.6 Å². The Morgan fingerprint density at radius 1 is 1.30 bits per heavy atom. The number of rotatable bonds is 5. The van der Waals surface area contributed by atoms with Gasteiger partial charge >= 0.3 is 0 Å². The normalized spacial score (nSPS) is 10.6. The molecule has 0 aliphatic carbocycles. The summed E-state index contributed by atoms with van der Waals surface area (Å²) in [5.41, 5.74) is 1.67. The lowest BCUT2D eigenvalue weighted by Gasteiger charge is -2.12. The van der Waals surface area contributed by atoms with Gasteiger partial charge in [0.05, 0.1) is 12.7 Å². The molecule has 2 heterocycles. The van der Waals surface area contributed by atoms with Gasteiger partial charge in [-0.25, -0.2) is 4.98 Å². The number of aryl methyl sites for hydroxylation is 1. The van der Waals surface area contributed by atoms with Gasteiger partial charge < -0.3 is 14.6 Å². The monoisotopic (exact) mass is 330 g/mol. The molecule has 1 aromatic carbocycles. The van der Waals surface area contributed by atoms with E-state index in [1.807, 2.05) is 24.3 Å². The maximum atomic E-state index is 6.05. The van der Waals surface area contributed by atoms with Crippen LogP contribution in [0.3, 0.4) is 0 Å². The molecule has 118 valence electrons. The van der Waals surface area contributed by atoms with Crippen LogP contribution in [-0.4, -0.2) is 22.2 Å². The second-order valence-corrected chi connectivity index (χ2v) is 5.29. The van der Waals surface area contributed by atoms with Crippen molar-refractivity contribution in [3.05, 3.63) is 52.9 Å². The second kappa shape index (κ2) is 6.66. The predicted octanol–water partition coefficient (Wildman–Crippen LogP) is 3.71. The first kappa shape index (κ1) is 15.3.